The number of carbonyl (C=O) groups excluding carboxylic acids is 1. The van der Waals surface area contributed by atoms with Gasteiger partial charge in [0.1, 0.15) is 15.8 Å². The summed E-state index contributed by atoms with van der Waals surface area (Å²) in [6, 6.07) is 22.0. The van der Waals surface area contributed by atoms with Crippen molar-refractivity contribution < 1.29 is 9.18 Å². The second-order valence-electron chi connectivity index (χ2n) is 8.04. The third-order valence-electron chi connectivity index (χ3n) is 5.66. The molecule has 4 nitrogen and oxygen atoms in total. The normalized spacial score (nSPS) is 14.8. The van der Waals surface area contributed by atoms with E-state index in [9.17, 15) is 9.18 Å². The molecule has 0 bridgehead atoms. The van der Waals surface area contributed by atoms with Crippen molar-refractivity contribution in [3.8, 4) is 16.9 Å². The van der Waals surface area contributed by atoms with Crippen LogP contribution < -0.4 is 0 Å². The second-order valence-corrected chi connectivity index (χ2v) is 10.1. The van der Waals surface area contributed by atoms with Gasteiger partial charge in [-0.2, -0.15) is 5.10 Å². The molecule has 3 aromatic carbocycles. The van der Waals surface area contributed by atoms with Crippen LogP contribution in [0.1, 0.15) is 16.7 Å². The summed E-state index contributed by atoms with van der Waals surface area (Å²) in [5.74, 6) is -0.512. The number of hydrogen-bond acceptors (Lipinski definition) is 4. The number of benzene rings is 3. The van der Waals surface area contributed by atoms with Gasteiger partial charge in [-0.15, -0.1) is 0 Å². The van der Waals surface area contributed by atoms with Crippen LogP contribution in [0.4, 0.5) is 4.39 Å². The maximum Gasteiger partial charge on any atom is 0.266 e. The van der Waals surface area contributed by atoms with Crippen LogP contribution in [-0.2, 0) is 11.3 Å². The summed E-state index contributed by atoms with van der Waals surface area (Å²) in [5, 5.41) is 5.31. The summed E-state index contributed by atoms with van der Waals surface area (Å²) in [7, 11) is 0. The first-order chi connectivity index (χ1) is 16.9. The molecule has 1 aromatic heterocycles. The number of rotatable bonds is 5. The second kappa shape index (κ2) is 9.77. The highest BCUT2D eigenvalue weighted by molar-refractivity contribution is 8.26. The van der Waals surface area contributed by atoms with Crippen LogP contribution in [0.15, 0.2) is 83.9 Å². The third-order valence-corrected chi connectivity index (χ3v) is 7.40. The molecule has 1 saturated heterocycles. The third kappa shape index (κ3) is 4.80. The van der Waals surface area contributed by atoms with Gasteiger partial charge in [-0.25, -0.2) is 9.07 Å². The number of thiocarbonyl (C=S) groups is 1. The molecule has 0 atom stereocenters. The Kier molecular flexibility index (Phi) is 6.56. The standard InChI is InChI=1S/C27H19ClFN3OS2/c1-17-11-12-18(13-23(17)29)25-20(16-32(30-25)21-8-3-2-4-9-21)14-24-26(33)31(27(34)35-24)15-19-7-5-6-10-22(19)28/h2-14,16H,15H2,1H3/b24-14-. The van der Waals surface area contributed by atoms with Gasteiger partial charge in [-0.3, -0.25) is 9.69 Å². The number of nitrogens with zero attached hydrogens (tertiary/aromatic N) is 3. The number of hydrogen-bond donors (Lipinski definition) is 0. The van der Waals surface area contributed by atoms with Crippen molar-refractivity contribution in [2.24, 2.45) is 0 Å². The fourth-order valence-corrected chi connectivity index (χ4v) is 5.19. The highest BCUT2D eigenvalue weighted by atomic mass is 35.5. The van der Waals surface area contributed by atoms with Gasteiger partial charge in [0.15, 0.2) is 0 Å². The Morgan fingerprint density at radius 2 is 1.83 bits per heavy atom. The Labute approximate surface area is 217 Å². The molecule has 35 heavy (non-hydrogen) atoms. The minimum Gasteiger partial charge on any atom is -0.288 e. The SMILES string of the molecule is Cc1ccc(-c2nn(-c3ccccc3)cc2/C=C2\SC(=S)N(Cc3ccccc3Cl)C2=O)cc1F. The minimum atomic E-state index is -0.311. The molecule has 1 aliphatic rings. The van der Waals surface area contributed by atoms with E-state index in [0.29, 0.717) is 43.2 Å². The first-order valence-electron chi connectivity index (χ1n) is 10.8. The van der Waals surface area contributed by atoms with E-state index < -0.39 is 0 Å². The Hall–Kier alpha value is -3.26. The monoisotopic (exact) mass is 519 g/mol. The number of thioether (sulfide) groups is 1. The lowest BCUT2D eigenvalue weighted by atomic mass is 10.1. The summed E-state index contributed by atoms with van der Waals surface area (Å²) in [6.07, 6.45) is 3.61. The molecule has 1 aliphatic heterocycles. The van der Waals surface area contributed by atoms with Crippen molar-refractivity contribution in [1.82, 2.24) is 14.7 Å². The van der Waals surface area contributed by atoms with Gasteiger partial charge in [0, 0.05) is 22.3 Å². The van der Waals surface area contributed by atoms with Gasteiger partial charge in [0.05, 0.1) is 17.1 Å². The van der Waals surface area contributed by atoms with Crippen LogP contribution in [-0.4, -0.2) is 24.9 Å². The summed E-state index contributed by atoms with van der Waals surface area (Å²) >= 11 is 13.0. The quantitative estimate of drug-likeness (QED) is 0.209. The molecule has 4 aromatic rings. The predicted molar refractivity (Wildman–Crippen MR) is 144 cm³/mol. The first kappa shape index (κ1) is 23.5. The largest absolute Gasteiger partial charge is 0.288 e. The molecule has 1 amide bonds. The number of amides is 1. The summed E-state index contributed by atoms with van der Waals surface area (Å²) in [4.78, 5) is 15.3. The maximum atomic E-state index is 14.4. The van der Waals surface area contributed by atoms with Crippen molar-refractivity contribution in [1.29, 1.82) is 0 Å². The molecule has 0 saturated carbocycles. The number of aromatic nitrogens is 2. The molecular weight excluding hydrogens is 501 g/mol. The number of para-hydroxylation sites is 1. The zero-order valence-corrected chi connectivity index (χ0v) is 21.0. The van der Waals surface area contributed by atoms with Crippen LogP contribution >= 0.6 is 35.6 Å². The average Bonchev–Trinajstić information content (AvgIpc) is 3.39. The van der Waals surface area contributed by atoms with Crippen LogP contribution in [0.25, 0.3) is 23.0 Å². The maximum absolute atomic E-state index is 14.4. The van der Waals surface area contributed by atoms with Crippen molar-refractivity contribution >= 4 is 51.9 Å². The van der Waals surface area contributed by atoms with Crippen molar-refractivity contribution in [2.45, 2.75) is 13.5 Å². The van der Waals surface area contributed by atoms with E-state index >= 15 is 0 Å². The van der Waals surface area contributed by atoms with E-state index in [2.05, 4.69) is 0 Å². The van der Waals surface area contributed by atoms with Crippen LogP contribution in [0.5, 0.6) is 0 Å². The van der Waals surface area contributed by atoms with Gasteiger partial charge in [-0.1, -0.05) is 84.1 Å². The van der Waals surface area contributed by atoms with Gasteiger partial charge >= 0.3 is 0 Å². The van der Waals surface area contributed by atoms with Crippen molar-refractivity contribution in [3.05, 3.63) is 111 Å². The fraction of sp³-hybridized carbons (Fsp3) is 0.0741. The molecular formula is C27H19ClFN3OS2. The molecule has 1 fully saturated rings. The van der Waals surface area contributed by atoms with Gasteiger partial charge in [-0.05, 0) is 48.4 Å². The highest BCUT2D eigenvalue weighted by Gasteiger charge is 2.33. The van der Waals surface area contributed by atoms with E-state index in [0.717, 1.165) is 11.3 Å². The molecule has 0 aliphatic carbocycles. The van der Waals surface area contributed by atoms with E-state index in [1.165, 1.54) is 17.8 Å². The van der Waals surface area contributed by atoms with E-state index in [-0.39, 0.29) is 11.7 Å². The predicted octanol–water partition coefficient (Wildman–Crippen LogP) is 7.04. The first-order valence-corrected chi connectivity index (χ1v) is 12.4. The average molecular weight is 520 g/mol. The Morgan fingerprint density at radius 1 is 1.09 bits per heavy atom. The van der Waals surface area contributed by atoms with Crippen LogP contribution in [0.3, 0.4) is 0 Å². The van der Waals surface area contributed by atoms with Crippen LogP contribution in [0.2, 0.25) is 5.02 Å². The van der Waals surface area contributed by atoms with E-state index in [4.69, 9.17) is 28.9 Å². The molecule has 8 heteroatoms. The molecule has 174 valence electrons. The molecule has 0 unspecified atom stereocenters. The number of aryl methyl sites for hydroxylation is 1. The van der Waals surface area contributed by atoms with E-state index in [1.54, 1.807) is 34.7 Å². The zero-order chi connectivity index (χ0) is 24.5. The van der Waals surface area contributed by atoms with Crippen molar-refractivity contribution in [2.75, 3.05) is 0 Å². The lowest BCUT2D eigenvalue weighted by Crippen LogP contribution is -2.27. The van der Waals surface area contributed by atoms with Gasteiger partial charge in [0.2, 0.25) is 0 Å². The smallest absolute Gasteiger partial charge is 0.266 e. The molecule has 5 rings (SSSR count). The topological polar surface area (TPSA) is 38.1 Å². The van der Waals surface area contributed by atoms with Crippen LogP contribution in [0, 0.1) is 12.7 Å². The molecule has 0 N–H and O–H groups in total. The molecule has 0 spiro atoms. The van der Waals surface area contributed by atoms with Gasteiger partial charge in [0.25, 0.3) is 5.91 Å². The molecule has 0 radical (unpaired) electrons. The zero-order valence-electron chi connectivity index (χ0n) is 18.6. The lowest BCUT2D eigenvalue weighted by Gasteiger charge is -2.15. The molecule has 2 heterocycles. The highest BCUT2D eigenvalue weighted by Crippen LogP contribution is 2.36. The van der Waals surface area contributed by atoms with E-state index in [1.807, 2.05) is 60.8 Å². The Morgan fingerprint density at radius 3 is 2.57 bits per heavy atom. The Bertz CT molecular complexity index is 1480. The number of halogens is 2. The van der Waals surface area contributed by atoms with Gasteiger partial charge < -0.3 is 0 Å². The lowest BCUT2D eigenvalue weighted by molar-refractivity contribution is -0.122. The fourth-order valence-electron chi connectivity index (χ4n) is 3.74. The number of carbonyl (C=O) groups is 1. The summed E-state index contributed by atoms with van der Waals surface area (Å²) in [6.45, 7) is 2.01. The Balaban J connectivity index is 1.54. The summed E-state index contributed by atoms with van der Waals surface area (Å²) < 4.78 is 16.6. The summed E-state index contributed by atoms with van der Waals surface area (Å²) in [5.41, 5.74) is 4.12. The van der Waals surface area contributed by atoms with Crippen molar-refractivity contribution in [3.63, 3.8) is 0 Å². The minimum absolute atomic E-state index is 0.201.